The van der Waals surface area contributed by atoms with Crippen LogP contribution in [0, 0.1) is 6.92 Å². The number of benzene rings is 1. The number of carbonyl (C=O) groups excluding carboxylic acids is 1. The minimum Gasteiger partial charge on any atom is -0.381 e. The summed E-state index contributed by atoms with van der Waals surface area (Å²) in [6.07, 6.45) is -10.6. The van der Waals surface area contributed by atoms with Crippen LogP contribution in [0.25, 0.3) is 21.3 Å². The second-order valence-corrected chi connectivity index (χ2v) is 10.9. The number of thiazole rings is 1. The van der Waals surface area contributed by atoms with Gasteiger partial charge in [0, 0.05) is 18.2 Å². The maximum absolute atomic E-state index is 13.5. The van der Waals surface area contributed by atoms with Crippen molar-refractivity contribution >= 4 is 17.2 Å². The fourth-order valence-corrected chi connectivity index (χ4v) is 5.38. The number of alkyl halides is 6. The van der Waals surface area contributed by atoms with E-state index < -0.39 is 35.0 Å². The zero-order valence-electron chi connectivity index (χ0n) is 21.1. The van der Waals surface area contributed by atoms with E-state index >= 15 is 0 Å². The van der Waals surface area contributed by atoms with Crippen LogP contribution in [0.15, 0.2) is 22.7 Å². The Balaban J connectivity index is 1.86. The molecule has 1 atom stereocenters. The molecule has 4 rings (SSSR count). The Bertz CT molecular complexity index is 1380. The Morgan fingerprint density at radius 1 is 1.10 bits per heavy atom. The predicted molar refractivity (Wildman–Crippen MR) is 127 cm³/mol. The SMILES string of the molecule is Cc1cc(C(O)(C(F)(F)F)C(F)(F)F)ccc1-c1sc(-c2noc(C(C)(C)O)n2)nc1C(=O)N1CCC[C@@H]1C. The minimum absolute atomic E-state index is 0.0651. The average molecular weight is 579 g/mol. The maximum Gasteiger partial charge on any atom is 0.430 e. The Morgan fingerprint density at radius 3 is 2.23 bits per heavy atom. The van der Waals surface area contributed by atoms with E-state index in [9.17, 15) is 41.4 Å². The van der Waals surface area contributed by atoms with Crippen LogP contribution in [0.3, 0.4) is 0 Å². The van der Waals surface area contributed by atoms with Crippen LogP contribution in [0.1, 0.15) is 61.1 Å². The lowest BCUT2D eigenvalue weighted by Gasteiger charge is -2.33. The van der Waals surface area contributed by atoms with E-state index in [1.165, 1.54) is 20.8 Å². The van der Waals surface area contributed by atoms with E-state index in [1.54, 1.807) is 4.90 Å². The first-order valence-electron chi connectivity index (χ1n) is 11.7. The van der Waals surface area contributed by atoms with Crippen molar-refractivity contribution in [2.45, 2.75) is 70.1 Å². The highest BCUT2D eigenvalue weighted by atomic mass is 32.1. The summed E-state index contributed by atoms with van der Waals surface area (Å²) < 4.78 is 85.6. The van der Waals surface area contributed by atoms with Crippen LogP contribution in [-0.4, -0.2) is 61.1 Å². The van der Waals surface area contributed by atoms with Gasteiger partial charge in [-0.15, -0.1) is 11.3 Å². The summed E-state index contributed by atoms with van der Waals surface area (Å²) in [5.74, 6) is -0.673. The number of nitrogens with zero attached hydrogens (tertiary/aromatic N) is 4. The molecule has 0 bridgehead atoms. The molecule has 212 valence electrons. The van der Waals surface area contributed by atoms with Gasteiger partial charge in [0.2, 0.25) is 5.82 Å². The highest BCUT2D eigenvalue weighted by molar-refractivity contribution is 7.18. The molecule has 3 aromatic rings. The quantitative estimate of drug-likeness (QED) is 0.394. The van der Waals surface area contributed by atoms with Gasteiger partial charge in [-0.1, -0.05) is 23.4 Å². The van der Waals surface area contributed by atoms with E-state index in [2.05, 4.69) is 15.1 Å². The first-order chi connectivity index (χ1) is 17.9. The molecular weight excluding hydrogens is 554 g/mol. The smallest absolute Gasteiger partial charge is 0.381 e. The third-order valence-corrected chi connectivity index (χ3v) is 7.58. The number of aromatic nitrogens is 3. The van der Waals surface area contributed by atoms with Crippen molar-refractivity contribution in [3.8, 4) is 21.3 Å². The second kappa shape index (κ2) is 9.55. The van der Waals surface area contributed by atoms with Crippen LogP contribution in [0.2, 0.25) is 0 Å². The number of carbonyl (C=O) groups is 1. The van der Waals surface area contributed by atoms with Crippen molar-refractivity contribution < 1.29 is 45.9 Å². The monoisotopic (exact) mass is 578 g/mol. The fourth-order valence-electron chi connectivity index (χ4n) is 4.30. The van der Waals surface area contributed by atoms with E-state index in [-0.39, 0.29) is 44.5 Å². The van der Waals surface area contributed by atoms with E-state index in [0.29, 0.717) is 18.7 Å². The summed E-state index contributed by atoms with van der Waals surface area (Å²) in [4.78, 5) is 23.7. The van der Waals surface area contributed by atoms with Gasteiger partial charge in [-0.05, 0) is 51.7 Å². The molecule has 2 N–H and O–H groups in total. The largest absolute Gasteiger partial charge is 0.430 e. The van der Waals surface area contributed by atoms with Gasteiger partial charge in [0.1, 0.15) is 11.3 Å². The van der Waals surface area contributed by atoms with Crippen LogP contribution in [-0.2, 0) is 11.2 Å². The number of halogens is 6. The number of hydrogen-bond acceptors (Lipinski definition) is 8. The highest BCUT2D eigenvalue weighted by Crippen LogP contribution is 2.51. The number of rotatable bonds is 5. The highest BCUT2D eigenvalue weighted by Gasteiger charge is 2.71. The molecule has 1 saturated heterocycles. The predicted octanol–water partition coefficient (Wildman–Crippen LogP) is 5.33. The molecule has 1 fully saturated rings. The standard InChI is InChI=1S/C24H24F6N4O4S/c1-11-10-13(22(37,23(25,26)27)24(28,29)30)7-8-14(11)16-15(19(35)34-9-5-6-12(34)2)31-18(39-16)17-32-20(38-33-17)21(3,4)36/h7-8,10,12,36-37H,5-6,9H2,1-4H3/t12-/m0/s1. The Hall–Kier alpha value is -3.04. The zero-order valence-corrected chi connectivity index (χ0v) is 21.9. The van der Waals surface area contributed by atoms with Crippen LogP contribution in [0.5, 0.6) is 0 Å². The molecule has 0 spiro atoms. The van der Waals surface area contributed by atoms with E-state index in [1.807, 2.05) is 6.92 Å². The molecule has 2 aromatic heterocycles. The maximum atomic E-state index is 13.5. The third kappa shape index (κ3) is 5.02. The normalized spacial score (nSPS) is 17.2. The van der Waals surface area contributed by atoms with Crippen molar-refractivity contribution in [3.63, 3.8) is 0 Å². The van der Waals surface area contributed by atoms with E-state index in [0.717, 1.165) is 30.2 Å². The summed E-state index contributed by atoms with van der Waals surface area (Å²) in [7, 11) is 0. The van der Waals surface area contributed by atoms with Crippen molar-refractivity contribution in [1.29, 1.82) is 0 Å². The lowest BCUT2D eigenvalue weighted by molar-refractivity contribution is -0.376. The molecule has 1 aliphatic heterocycles. The molecule has 0 radical (unpaired) electrons. The van der Waals surface area contributed by atoms with Gasteiger partial charge in [-0.3, -0.25) is 4.79 Å². The van der Waals surface area contributed by atoms with Gasteiger partial charge in [-0.2, -0.15) is 31.3 Å². The minimum atomic E-state index is -6.04. The van der Waals surface area contributed by atoms with Crippen molar-refractivity contribution in [2.75, 3.05) is 6.54 Å². The molecule has 1 aromatic carbocycles. The molecule has 3 heterocycles. The van der Waals surface area contributed by atoms with Crippen LogP contribution in [0.4, 0.5) is 26.3 Å². The summed E-state index contributed by atoms with van der Waals surface area (Å²) in [5.41, 5.74) is -8.00. The molecule has 1 amide bonds. The van der Waals surface area contributed by atoms with Crippen molar-refractivity contribution in [1.82, 2.24) is 20.0 Å². The Morgan fingerprint density at radius 2 is 1.74 bits per heavy atom. The average Bonchev–Trinajstić information content (AvgIpc) is 3.55. The lowest BCUT2D eigenvalue weighted by Crippen LogP contribution is -2.53. The van der Waals surface area contributed by atoms with Gasteiger partial charge in [0.15, 0.2) is 5.01 Å². The molecule has 0 saturated carbocycles. The van der Waals surface area contributed by atoms with E-state index in [4.69, 9.17) is 4.52 Å². The lowest BCUT2D eigenvalue weighted by atomic mass is 9.89. The zero-order chi connectivity index (χ0) is 29.1. The van der Waals surface area contributed by atoms with Crippen LogP contribution >= 0.6 is 11.3 Å². The number of amides is 1. The second-order valence-electron chi connectivity index (χ2n) is 9.90. The summed E-state index contributed by atoms with van der Waals surface area (Å²) in [6.45, 7) is 6.38. The molecular formula is C24H24F6N4O4S. The first kappa shape index (κ1) is 29.0. The van der Waals surface area contributed by atoms with Crippen LogP contribution < -0.4 is 0 Å². The summed E-state index contributed by atoms with van der Waals surface area (Å²) in [5, 5.41) is 23.8. The third-order valence-electron chi connectivity index (χ3n) is 6.49. The van der Waals surface area contributed by atoms with Gasteiger partial charge in [0.05, 0.1) is 4.88 Å². The number of hydrogen-bond donors (Lipinski definition) is 2. The van der Waals surface area contributed by atoms with Gasteiger partial charge in [0.25, 0.3) is 17.4 Å². The summed E-state index contributed by atoms with van der Waals surface area (Å²) >= 11 is 0.884. The number of aryl methyl sites for hydroxylation is 1. The van der Waals surface area contributed by atoms with Gasteiger partial charge < -0.3 is 19.6 Å². The number of likely N-dealkylation sites (tertiary alicyclic amines) is 1. The molecule has 8 nitrogen and oxygen atoms in total. The molecule has 15 heteroatoms. The van der Waals surface area contributed by atoms with Crippen molar-refractivity contribution in [2.24, 2.45) is 0 Å². The topological polar surface area (TPSA) is 113 Å². The molecule has 1 aliphatic rings. The molecule has 0 unspecified atom stereocenters. The number of aliphatic hydroxyl groups is 2. The Kier molecular flexibility index (Phi) is 7.09. The first-order valence-corrected chi connectivity index (χ1v) is 12.5. The Labute approximate surface area is 222 Å². The molecule has 0 aliphatic carbocycles. The van der Waals surface area contributed by atoms with Gasteiger partial charge in [-0.25, -0.2) is 4.98 Å². The van der Waals surface area contributed by atoms with Gasteiger partial charge >= 0.3 is 12.4 Å². The fraction of sp³-hybridized carbons (Fsp3) is 0.500. The van der Waals surface area contributed by atoms with Crippen molar-refractivity contribution in [3.05, 3.63) is 40.9 Å². The summed E-state index contributed by atoms with van der Waals surface area (Å²) in [6, 6.07) is 1.98. The molecule has 39 heavy (non-hydrogen) atoms.